The van der Waals surface area contributed by atoms with Gasteiger partial charge in [-0.1, -0.05) is 42.5 Å². The van der Waals surface area contributed by atoms with Crippen LogP contribution >= 0.6 is 0 Å². The molecule has 0 aromatic heterocycles. The number of hydrogen-bond donors (Lipinski definition) is 4. The molecule has 1 unspecified atom stereocenters. The monoisotopic (exact) mass is 477 g/mol. The minimum atomic E-state index is -1.09. The van der Waals surface area contributed by atoms with Crippen molar-refractivity contribution < 1.29 is 29.3 Å². The van der Waals surface area contributed by atoms with Crippen LogP contribution in [-0.2, 0) is 26.2 Å². The molecule has 1 aliphatic rings. The van der Waals surface area contributed by atoms with E-state index < -0.39 is 22.0 Å². The second kappa shape index (κ2) is 10.1. The first-order valence-corrected chi connectivity index (χ1v) is 11.7. The molecular formula is C25H21N2O6S+. The van der Waals surface area contributed by atoms with Crippen molar-refractivity contribution in [1.29, 1.82) is 0 Å². The first-order chi connectivity index (χ1) is 16.4. The van der Waals surface area contributed by atoms with Crippen LogP contribution in [0.2, 0.25) is 0 Å². The smallest absolute Gasteiger partial charge is 0.442 e. The van der Waals surface area contributed by atoms with E-state index in [2.05, 4.69) is 10.6 Å². The Morgan fingerprint density at radius 2 is 1.71 bits per heavy atom. The molecule has 0 spiro atoms. The van der Waals surface area contributed by atoms with Crippen molar-refractivity contribution in [3.63, 3.8) is 0 Å². The van der Waals surface area contributed by atoms with E-state index in [9.17, 15) is 24.6 Å². The fourth-order valence-corrected chi connectivity index (χ4v) is 5.00. The minimum absolute atomic E-state index is 0.131. The summed E-state index contributed by atoms with van der Waals surface area (Å²) in [5.41, 5.74) is 1.60. The highest BCUT2D eigenvalue weighted by atomic mass is 32.2. The molecule has 8 nitrogen and oxygen atoms in total. The Morgan fingerprint density at radius 1 is 0.971 bits per heavy atom. The lowest BCUT2D eigenvalue weighted by Crippen LogP contribution is -2.21. The number of anilines is 1. The molecule has 0 saturated carbocycles. The van der Waals surface area contributed by atoms with Crippen molar-refractivity contribution in [1.82, 2.24) is 5.32 Å². The summed E-state index contributed by atoms with van der Waals surface area (Å²) in [6.45, 7) is -0.131. The zero-order valence-electron chi connectivity index (χ0n) is 17.9. The van der Waals surface area contributed by atoms with Gasteiger partial charge in [-0.25, -0.2) is 10.1 Å². The Labute approximate surface area is 198 Å². The molecule has 0 aliphatic carbocycles. The van der Waals surface area contributed by atoms with Crippen molar-refractivity contribution in [2.45, 2.75) is 5.75 Å². The molecule has 9 heteroatoms. The summed E-state index contributed by atoms with van der Waals surface area (Å²) in [5, 5.41) is 24.4. The Morgan fingerprint density at radius 3 is 2.44 bits per heavy atom. The molecule has 1 atom stereocenters. The zero-order valence-corrected chi connectivity index (χ0v) is 18.7. The van der Waals surface area contributed by atoms with Crippen molar-refractivity contribution in [2.75, 3.05) is 11.9 Å². The number of amides is 3. The summed E-state index contributed by atoms with van der Waals surface area (Å²) < 4.78 is 5.42. The molecule has 1 heterocycles. The van der Waals surface area contributed by atoms with Gasteiger partial charge < -0.3 is 20.3 Å². The van der Waals surface area contributed by atoms with E-state index in [4.69, 9.17) is 4.74 Å². The minimum Gasteiger partial charge on any atom is -0.504 e. The van der Waals surface area contributed by atoms with Gasteiger partial charge in [0.2, 0.25) is 4.91 Å². The van der Waals surface area contributed by atoms with Crippen molar-refractivity contribution in [3.05, 3.63) is 88.8 Å². The predicted molar refractivity (Wildman–Crippen MR) is 129 cm³/mol. The molecule has 3 aromatic carbocycles. The van der Waals surface area contributed by atoms with Gasteiger partial charge in [-0.2, -0.15) is 0 Å². The quantitative estimate of drug-likeness (QED) is 0.234. The molecule has 3 aromatic rings. The average Bonchev–Trinajstić information content (AvgIpc) is 3.09. The Kier molecular flexibility index (Phi) is 6.84. The Balaban J connectivity index is 1.42. The highest BCUT2D eigenvalue weighted by Gasteiger charge is 2.47. The first-order valence-electron chi connectivity index (χ1n) is 10.3. The van der Waals surface area contributed by atoms with Crippen LogP contribution in [0.25, 0.3) is 6.08 Å². The highest BCUT2D eigenvalue weighted by molar-refractivity contribution is 8.15. The molecular weight excluding hydrogens is 456 g/mol. The molecule has 3 amide bonds. The van der Waals surface area contributed by atoms with Crippen LogP contribution in [0.15, 0.2) is 77.7 Å². The van der Waals surface area contributed by atoms with Crippen LogP contribution in [0.3, 0.4) is 0 Å². The SMILES string of the molecule is O=C(COc1ccccc1)Nc1ccc(C[S+]2C(=O)NC(=O)C2=Cc2cccc(O)c2O)cc1. The predicted octanol–water partition coefficient (Wildman–Crippen LogP) is 3.52. The van der Waals surface area contributed by atoms with Crippen LogP contribution in [0.4, 0.5) is 10.5 Å². The second-order valence-electron chi connectivity index (χ2n) is 7.35. The maximum atomic E-state index is 12.4. The van der Waals surface area contributed by atoms with Gasteiger partial charge >= 0.3 is 11.1 Å². The van der Waals surface area contributed by atoms with Crippen LogP contribution in [0.1, 0.15) is 11.1 Å². The fourth-order valence-electron chi connectivity index (χ4n) is 3.23. The van der Waals surface area contributed by atoms with Gasteiger partial charge in [0, 0.05) is 22.9 Å². The summed E-state index contributed by atoms with van der Waals surface area (Å²) in [5.74, 6) is -0.642. The summed E-state index contributed by atoms with van der Waals surface area (Å²) in [7, 11) is -1.09. The molecule has 0 bridgehead atoms. The summed E-state index contributed by atoms with van der Waals surface area (Å²) in [6, 6.07) is 20.4. The van der Waals surface area contributed by atoms with Gasteiger partial charge in [0.1, 0.15) is 22.4 Å². The first kappa shape index (κ1) is 22.9. The van der Waals surface area contributed by atoms with E-state index in [1.807, 2.05) is 18.2 Å². The van der Waals surface area contributed by atoms with E-state index in [1.165, 1.54) is 18.2 Å². The van der Waals surface area contributed by atoms with Gasteiger partial charge in [-0.3, -0.25) is 9.59 Å². The number of ether oxygens (including phenoxy) is 1. The fraction of sp³-hybridized carbons (Fsp3) is 0.0800. The number of para-hydroxylation sites is 2. The Hall–Kier alpha value is -4.24. The van der Waals surface area contributed by atoms with E-state index in [0.29, 0.717) is 11.4 Å². The lowest BCUT2D eigenvalue weighted by atomic mass is 10.1. The van der Waals surface area contributed by atoms with Crippen LogP contribution in [0, 0.1) is 0 Å². The zero-order chi connectivity index (χ0) is 24.1. The number of rotatable bonds is 7. The van der Waals surface area contributed by atoms with Crippen molar-refractivity contribution in [2.24, 2.45) is 0 Å². The molecule has 1 fully saturated rings. The lowest BCUT2D eigenvalue weighted by Gasteiger charge is -2.08. The molecule has 172 valence electrons. The van der Waals surface area contributed by atoms with Crippen LogP contribution in [0.5, 0.6) is 17.2 Å². The summed E-state index contributed by atoms with van der Waals surface area (Å²) in [4.78, 5) is 37.1. The van der Waals surface area contributed by atoms with E-state index in [-0.39, 0.29) is 40.2 Å². The third-order valence-electron chi connectivity index (χ3n) is 4.92. The number of carbonyl (C=O) groups excluding carboxylic acids is 3. The maximum Gasteiger partial charge on any atom is 0.442 e. The number of phenolic OH excluding ortho intramolecular Hbond substituents is 2. The number of imide groups is 1. The van der Waals surface area contributed by atoms with Gasteiger partial charge in [-0.15, -0.1) is 0 Å². The van der Waals surface area contributed by atoms with E-state index in [1.54, 1.807) is 42.5 Å². The number of carbonyl (C=O) groups is 3. The maximum absolute atomic E-state index is 12.4. The van der Waals surface area contributed by atoms with Crippen molar-refractivity contribution in [3.8, 4) is 17.2 Å². The number of aromatic hydroxyl groups is 2. The summed E-state index contributed by atoms with van der Waals surface area (Å²) in [6.07, 6.45) is 1.42. The van der Waals surface area contributed by atoms with E-state index >= 15 is 0 Å². The van der Waals surface area contributed by atoms with Crippen LogP contribution < -0.4 is 15.4 Å². The standard InChI is InChI=1S/C25H20N2O6S/c28-20-8-4-5-17(23(20)30)13-21-24(31)27-25(32)34(21)15-16-9-11-18(12-10-16)26-22(29)14-33-19-6-2-1-3-7-19/h1-13H,14-15H2,(H3-,26,27,28,29,30,31,32)/p+1. The average molecular weight is 478 g/mol. The molecule has 4 rings (SSSR count). The summed E-state index contributed by atoms with van der Waals surface area (Å²) >= 11 is 0. The van der Waals surface area contributed by atoms with Gasteiger partial charge in [-0.05, 0) is 30.3 Å². The normalized spacial score (nSPS) is 16.4. The van der Waals surface area contributed by atoms with Crippen LogP contribution in [-0.4, -0.2) is 33.9 Å². The third kappa shape index (κ3) is 5.38. The molecule has 1 aliphatic heterocycles. The molecule has 34 heavy (non-hydrogen) atoms. The molecule has 1 saturated heterocycles. The highest BCUT2D eigenvalue weighted by Crippen LogP contribution is 2.33. The molecule has 4 N–H and O–H groups in total. The largest absolute Gasteiger partial charge is 0.504 e. The number of nitrogens with one attached hydrogen (secondary N) is 2. The molecule has 0 radical (unpaired) electrons. The van der Waals surface area contributed by atoms with Gasteiger partial charge in [0.15, 0.2) is 18.1 Å². The topological polar surface area (TPSA) is 125 Å². The van der Waals surface area contributed by atoms with Gasteiger partial charge in [0.05, 0.1) is 0 Å². The van der Waals surface area contributed by atoms with E-state index in [0.717, 1.165) is 5.56 Å². The second-order valence-corrected chi connectivity index (χ2v) is 9.23. The van der Waals surface area contributed by atoms with Crippen molar-refractivity contribution >= 4 is 39.7 Å². The van der Waals surface area contributed by atoms with Gasteiger partial charge in [0.25, 0.3) is 5.91 Å². The number of hydrogen-bond acceptors (Lipinski definition) is 6. The third-order valence-corrected chi connectivity index (χ3v) is 6.93. The number of phenols is 2. The number of benzene rings is 3. The Bertz CT molecular complexity index is 1260. The lowest BCUT2D eigenvalue weighted by molar-refractivity contribution is -0.118.